The molecule has 0 aromatic heterocycles. The molecule has 5 atom stereocenters. The predicted octanol–water partition coefficient (Wildman–Crippen LogP) is 2.15. The van der Waals surface area contributed by atoms with E-state index < -0.39 is 41.2 Å². The zero-order valence-electron chi connectivity index (χ0n) is 18.5. The number of carbonyl (C=O) groups is 2. The van der Waals surface area contributed by atoms with E-state index in [2.05, 4.69) is 10.2 Å². The van der Waals surface area contributed by atoms with Gasteiger partial charge in [0.05, 0.1) is 11.6 Å². The van der Waals surface area contributed by atoms with Crippen molar-refractivity contribution in [2.45, 2.75) is 72.7 Å². The molecule has 5 fully saturated rings. The first-order valence-corrected chi connectivity index (χ1v) is 11.9. The van der Waals surface area contributed by atoms with Crippen molar-refractivity contribution in [1.82, 2.24) is 15.1 Å². The second-order valence-electron chi connectivity index (χ2n) is 11.5. The number of nitrogens with zero attached hydrogens (tertiary/aromatic N) is 2. The molecule has 3 amide bonds. The Bertz CT molecular complexity index is 1150. The smallest absolute Gasteiger partial charge is 0.406 e. The summed E-state index contributed by atoms with van der Waals surface area (Å²) in [5.41, 5.74) is -2.58. The van der Waals surface area contributed by atoms with Crippen molar-refractivity contribution in [1.29, 1.82) is 0 Å². The minimum atomic E-state index is -4.66. The minimum Gasteiger partial charge on any atom is -0.508 e. The van der Waals surface area contributed by atoms with Crippen LogP contribution in [0.5, 0.6) is 5.75 Å². The van der Waals surface area contributed by atoms with Gasteiger partial charge in [-0.25, -0.2) is 4.79 Å². The number of fused-ring (bicyclic) bond motifs is 2. The second kappa shape index (κ2) is 5.90. The molecule has 7 nitrogen and oxygen atoms in total. The molecule has 3 N–H and O–H groups in total. The molecule has 3 saturated carbocycles. The van der Waals surface area contributed by atoms with Crippen LogP contribution in [-0.2, 0) is 15.6 Å². The number of likely N-dealkylation sites (tertiary alicyclic amines) is 1. The van der Waals surface area contributed by atoms with E-state index in [4.69, 9.17) is 0 Å². The Balaban J connectivity index is 1.37. The lowest BCUT2D eigenvalue weighted by molar-refractivity contribution is -0.179. The molecule has 6 aliphatic rings. The van der Waals surface area contributed by atoms with E-state index >= 15 is 0 Å². The number of halogens is 3. The summed E-state index contributed by atoms with van der Waals surface area (Å²) >= 11 is 0. The van der Waals surface area contributed by atoms with Crippen molar-refractivity contribution in [3.63, 3.8) is 0 Å². The fourth-order valence-electron chi connectivity index (χ4n) is 8.56. The van der Waals surface area contributed by atoms with Crippen LogP contribution in [0.25, 0.3) is 0 Å². The van der Waals surface area contributed by atoms with Crippen LogP contribution in [0.2, 0.25) is 0 Å². The summed E-state index contributed by atoms with van der Waals surface area (Å²) in [6, 6.07) is 3.88. The number of phenolic OH excluding ortho intramolecular Hbond substituents is 1. The first kappa shape index (κ1) is 21.0. The van der Waals surface area contributed by atoms with Gasteiger partial charge in [0.2, 0.25) is 0 Å². The lowest BCUT2D eigenvalue weighted by Gasteiger charge is -2.64. The first-order chi connectivity index (χ1) is 15.9. The van der Waals surface area contributed by atoms with Gasteiger partial charge < -0.3 is 15.1 Å². The highest BCUT2D eigenvalue weighted by molar-refractivity contribution is 6.07. The number of rotatable bonds is 3. The van der Waals surface area contributed by atoms with E-state index in [-0.39, 0.29) is 36.5 Å². The van der Waals surface area contributed by atoms with E-state index in [0.717, 1.165) is 24.2 Å². The standard InChI is InChI=1S/C24H26F3N3O4/c25-24(26,27)12-30-19(33)28-18(32)22(30)5-6-23(34)17-20(11-29(17)8-13-1-2-13)9-21(23,10-22)16-7-14(31)3-4-15(16)20/h3-4,7,13,17,31,34H,1-2,5-6,8-12H2,(H,28,32,33)/t17-,20?,21-,22+,23-/m1/s1. The molecular formula is C24H26F3N3O4. The minimum absolute atomic E-state index is 0.0175. The van der Waals surface area contributed by atoms with E-state index in [1.165, 1.54) is 12.8 Å². The molecular weight excluding hydrogens is 451 g/mol. The zero-order valence-corrected chi connectivity index (χ0v) is 18.5. The third kappa shape index (κ3) is 2.27. The highest BCUT2D eigenvalue weighted by Crippen LogP contribution is 2.75. The van der Waals surface area contributed by atoms with Crippen LogP contribution < -0.4 is 5.32 Å². The Kier molecular flexibility index (Phi) is 3.64. The fraction of sp³-hybridized carbons (Fsp3) is 0.667. The van der Waals surface area contributed by atoms with Gasteiger partial charge >= 0.3 is 12.2 Å². The van der Waals surface area contributed by atoms with Crippen LogP contribution in [0.3, 0.4) is 0 Å². The van der Waals surface area contributed by atoms with Crippen molar-refractivity contribution in [2.75, 3.05) is 19.6 Å². The van der Waals surface area contributed by atoms with Gasteiger partial charge in [0.25, 0.3) is 5.91 Å². The SMILES string of the molecule is O=C1NC(=O)[C@@]2(CC[C@@]3(O)[C@@H]4N(CC5CC5)CC45C[C@@]3(C2)c2cc(O)ccc25)N1CC(F)(F)F. The highest BCUT2D eigenvalue weighted by Gasteiger charge is 2.83. The van der Waals surface area contributed by atoms with Gasteiger partial charge in [0.1, 0.15) is 17.8 Å². The van der Waals surface area contributed by atoms with Gasteiger partial charge in [-0.05, 0) is 67.7 Å². The van der Waals surface area contributed by atoms with Crippen molar-refractivity contribution in [3.05, 3.63) is 29.3 Å². The average Bonchev–Trinajstić information content (AvgIpc) is 3.43. The molecule has 2 heterocycles. The zero-order chi connectivity index (χ0) is 23.9. The first-order valence-electron chi connectivity index (χ1n) is 11.9. The number of hydrogen-bond donors (Lipinski definition) is 3. The molecule has 3 spiro atoms. The molecule has 7 rings (SSSR count). The molecule has 10 heteroatoms. The third-order valence-electron chi connectivity index (χ3n) is 9.77. The highest BCUT2D eigenvalue weighted by atomic mass is 19.4. The number of nitrogens with one attached hydrogen (secondary N) is 1. The lowest BCUT2D eigenvalue weighted by Crippen LogP contribution is -2.76. The molecule has 182 valence electrons. The number of hydrogen-bond acceptors (Lipinski definition) is 5. The molecule has 4 aliphatic carbocycles. The summed E-state index contributed by atoms with van der Waals surface area (Å²) < 4.78 is 40.4. The average molecular weight is 477 g/mol. The van der Waals surface area contributed by atoms with Gasteiger partial charge in [-0.2, -0.15) is 13.2 Å². The van der Waals surface area contributed by atoms with Crippen LogP contribution in [0, 0.1) is 5.92 Å². The van der Waals surface area contributed by atoms with Crippen molar-refractivity contribution < 1.29 is 33.0 Å². The molecule has 0 radical (unpaired) electrons. The number of carbonyl (C=O) groups excluding carboxylic acids is 2. The number of amides is 3. The number of urea groups is 1. The van der Waals surface area contributed by atoms with Gasteiger partial charge in [-0.15, -0.1) is 0 Å². The van der Waals surface area contributed by atoms with Crippen molar-refractivity contribution >= 4 is 11.9 Å². The Morgan fingerprint density at radius 1 is 1.12 bits per heavy atom. The summed E-state index contributed by atoms with van der Waals surface area (Å²) in [5, 5.41) is 24.8. The Hall–Kier alpha value is -2.33. The number of phenols is 1. The van der Waals surface area contributed by atoms with Crippen molar-refractivity contribution in [2.24, 2.45) is 5.92 Å². The van der Waals surface area contributed by atoms with Crippen LogP contribution in [0.4, 0.5) is 18.0 Å². The van der Waals surface area contributed by atoms with Crippen LogP contribution in [-0.4, -0.2) is 74.9 Å². The summed E-state index contributed by atoms with van der Waals surface area (Å²) in [6.07, 6.45) is -1.82. The number of benzene rings is 1. The molecule has 2 aliphatic heterocycles. The van der Waals surface area contributed by atoms with Gasteiger partial charge in [-0.1, -0.05) is 6.07 Å². The van der Waals surface area contributed by atoms with Gasteiger partial charge in [0.15, 0.2) is 0 Å². The molecule has 34 heavy (non-hydrogen) atoms. The summed E-state index contributed by atoms with van der Waals surface area (Å²) in [4.78, 5) is 28.6. The number of imide groups is 1. The van der Waals surface area contributed by atoms with Gasteiger partial charge in [0, 0.05) is 23.9 Å². The summed E-state index contributed by atoms with van der Waals surface area (Å²) in [7, 11) is 0. The number of aliphatic hydroxyl groups is 1. The monoisotopic (exact) mass is 477 g/mol. The van der Waals surface area contributed by atoms with Gasteiger partial charge in [-0.3, -0.25) is 15.0 Å². The number of aromatic hydroxyl groups is 1. The van der Waals surface area contributed by atoms with Crippen LogP contribution in [0.15, 0.2) is 18.2 Å². The van der Waals surface area contributed by atoms with E-state index in [0.29, 0.717) is 17.2 Å². The Morgan fingerprint density at radius 2 is 1.88 bits per heavy atom. The molecule has 2 bridgehead atoms. The summed E-state index contributed by atoms with van der Waals surface area (Å²) in [6.45, 7) is 0.122. The molecule has 1 aromatic carbocycles. The maximum absolute atomic E-state index is 13.5. The maximum Gasteiger partial charge on any atom is 0.406 e. The normalized spacial score (nSPS) is 42.5. The molecule has 1 unspecified atom stereocenters. The fourth-order valence-corrected chi connectivity index (χ4v) is 8.56. The quantitative estimate of drug-likeness (QED) is 0.581. The van der Waals surface area contributed by atoms with E-state index in [9.17, 15) is 33.0 Å². The topological polar surface area (TPSA) is 93.1 Å². The molecule has 1 aromatic rings. The van der Waals surface area contributed by atoms with E-state index in [1.54, 1.807) is 12.1 Å². The maximum atomic E-state index is 13.5. The van der Waals surface area contributed by atoms with E-state index in [1.807, 2.05) is 6.07 Å². The molecule has 2 saturated heterocycles. The second-order valence-corrected chi connectivity index (χ2v) is 11.5. The lowest BCUT2D eigenvalue weighted by atomic mass is 9.52. The Morgan fingerprint density at radius 3 is 2.59 bits per heavy atom. The third-order valence-corrected chi connectivity index (χ3v) is 9.77. The largest absolute Gasteiger partial charge is 0.508 e. The Labute approximate surface area is 193 Å². The van der Waals surface area contributed by atoms with Crippen LogP contribution >= 0.6 is 0 Å². The summed E-state index contributed by atoms with van der Waals surface area (Å²) in [5.74, 6) is -0.0930. The van der Waals surface area contributed by atoms with Crippen LogP contribution in [0.1, 0.15) is 49.7 Å². The van der Waals surface area contributed by atoms with Crippen molar-refractivity contribution in [3.8, 4) is 5.75 Å². The number of alkyl halides is 3. The predicted molar refractivity (Wildman–Crippen MR) is 112 cm³/mol.